The Morgan fingerprint density at radius 1 is 1.08 bits per heavy atom. The molecule has 0 saturated carbocycles. The van der Waals surface area contributed by atoms with E-state index in [1.165, 1.54) is 34.9 Å². The van der Waals surface area contributed by atoms with Crippen molar-refractivity contribution in [2.45, 2.75) is 25.7 Å². The Hall–Kier alpha value is -2.66. The number of benzene rings is 1. The number of fused-ring (bicyclic) bond motifs is 2. The lowest BCUT2D eigenvalue weighted by molar-refractivity contribution is 0.460. The van der Waals surface area contributed by atoms with Gasteiger partial charge in [-0.3, -0.25) is 0 Å². The molecule has 5 nitrogen and oxygen atoms in total. The lowest BCUT2D eigenvalue weighted by Gasteiger charge is -2.23. The van der Waals surface area contributed by atoms with Gasteiger partial charge in [0.1, 0.15) is 0 Å². The molecule has 3 aromatic heterocycles. The highest BCUT2D eigenvalue weighted by Gasteiger charge is 2.18. The number of aromatic amines is 2. The molecule has 1 fully saturated rings. The first-order valence-corrected chi connectivity index (χ1v) is 8.92. The van der Waals surface area contributed by atoms with Gasteiger partial charge < -0.3 is 15.3 Å². The molecule has 4 aromatic rings. The maximum Gasteiger partial charge on any atom is 0.178 e. The Bertz CT molecular complexity index is 1050. The summed E-state index contributed by atoms with van der Waals surface area (Å²) in [6.07, 6.45) is 5.97. The molecule has 1 saturated heterocycles. The number of imidazole rings is 1. The summed E-state index contributed by atoms with van der Waals surface area (Å²) in [6.45, 7) is 4.44. The van der Waals surface area contributed by atoms with Crippen molar-refractivity contribution in [2.75, 3.05) is 13.1 Å². The van der Waals surface area contributed by atoms with Gasteiger partial charge in [0.2, 0.25) is 0 Å². The predicted octanol–water partition coefficient (Wildman–Crippen LogP) is 3.88. The van der Waals surface area contributed by atoms with E-state index in [1.807, 2.05) is 12.3 Å². The van der Waals surface area contributed by atoms with Crippen molar-refractivity contribution >= 4 is 22.1 Å². The average molecular weight is 331 g/mol. The molecule has 0 unspecified atom stereocenters. The quantitative estimate of drug-likeness (QED) is 0.522. The van der Waals surface area contributed by atoms with Crippen LogP contribution >= 0.6 is 0 Å². The zero-order valence-electron chi connectivity index (χ0n) is 14.3. The third kappa shape index (κ3) is 2.35. The van der Waals surface area contributed by atoms with Crippen molar-refractivity contribution in [1.29, 1.82) is 0 Å². The van der Waals surface area contributed by atoms with E-state index in [2.05, 4.69) is 50.4 Å². The van der Waals surface area contributed by atoms with E-state index in [-0.39, 0.29) is 0 Å². The first kappa shape index (κ1) is 14.7. The molecule has 5 heteroatoms. The molecular formula is C20H21N5. The van der Waals surface area contributed by atoms with Gasteiger partial charge in [-0.25, -0.2) is 9.97 Å². The standard InChI is InChI=1S/C20H21N5/c1-12-16-10-14(13-4-7-21-8-5-13)2-3-17(16)25-18(12)15-6-9-22-20-19(15)23-11-24-20/h2-3,6,9-11,13,21,25H,4-5,7-8H2,1H3,(H,22,23,24). The number of piperidine rings is 1. The normalized spacial score (nSPS) is 16.0. The summed E-state index contributed by atoms with van der Waals surface area (Å²) < 4.78 is 0. The third-order valence-electron chi connectivity index (χ3n) is 5.49. The van der Waals surface area contributed by atoms with Crippen molar-refractivity contribution in [3.05, 3.63) is 47.9 Å². The molecule has 25 heavy (non-hydrogen) atoms. The van der Waals surface area contributed by atoms with Crippen LogP contribution in [0.15, 0.2) is 36.8 Å². The molecule has 126 valence electrons. The predicted molar refractivity (Wildman–Crippen MR) is 101 cm³/mol. The van der Waals surface area contributed by atoms with Crippen LogP contribution in [0.3, 0.4) is 0 Å². The molecule has 5 rings (SSSR count). The zero-order valence-corrected chi connectivity index (χ0v) is 14.3. The molecule has 4 heterocycles. The number of aromatic nitrogens is 4. The maximum atomic E-state index is 4.32. The van der Waals surface area contributed by atoms with Crippen LogP contribution in [0.5, 0.6) is 0 Å². The van der Waals surface area contributed by atoms with Gasteiger partial charge in [0.15, 0.2) is 5.65 Å². The molecule has 0 atom stereocenters. The fourth-order valence-corrected chi connectivity index (χ4v) is 4.08. The summed E-state index contributed by atoms with van der Waals surface area (Å²) in [4.78, 5) is 15.4. The number of H-pyrrole nitrogens is 2. The number of hydrogen-bond donors (Lipinski definition) is 3. The molecule has 3 N–H and O–H groups in total. The summed E-state index contributed by atoms with van der Waals surface area (Å²) in [5.74, 6) is 0.670. The molecule has 1 aromatic carbocycles. The maximum absolute atomic E-state index is 4.32. The summed E-state index contributed by atoms with van der Waals surface area (Å²) in [7, 11) is 0. The summed E-state index contributed by atoms with van der Waals surface area (Å²) in [5, 5.41) is 4.77. The summed E-state index contributed by atoms with van der Waals surface area (Å²) >= 11 is 0. The number of rotatable bonds is 2. The molecule has 0 spiro atoms. The fraction of sp³-hybridized carbons (Fsp3) is 0.300. The third-order valence-corrected chi connectivity index (χ3v) is 5.49. The number of hydrogen-bond acceptors (Lipinski definition) is 3. The Labute approximate surface area is 145 Å². The van der Waals surface area contributed by atoms with Crippen LogP contribution in [0.4, 0.5) is 0 Å². The van der Waals surface area contributed by atoms with Crippen molar-refractivity contribution < 1.29 is 0 Å². The highest BCUT2D eigenvalue weighted by molar-refractivity contribution is 5.96. The van der Waals surface area contributed by atoms with Gasteiger partial charge in [-0.05, 0) is 68.1 Å². The molecule has 0 aliphatic carbocycles. The first-order valence-electron chi connectivity index (χ1n) is 8.92. The number of nitrogens with one attached hydrogen (secondary N) is 3. The second kappa shape index (κ2) is 5.70. The molecule has 0 bridgehead atoms. The van der Waals surface area contributed by atoms with Gasteiger partial charge in [0.05, 0.1) is 17.5 Å². The Balaban J connectivity index is 1.65. The minimum atomic E-state index is 0.670. The van der Waals surface area contributed by atoms with Gasteiger partial charge in [-0.15, -0.1) is 0 Å². The number of pyridine rings is 1. The van der Waals surface area contributed by atoms with E-state index in [0.29, 0.717) is 5.92 Å². The topological polar surface area (TPSA) is 69.4 Å². The van der Waals surface area contributed by atoms with E-state index >= 15 is 0 Å². The fourth-order valence-electron chi connectivity index (χ4n) is 4.08. The summed E-state index contributed by atoms with van der Waals surface area (Å²) in [6, 6.07) is 8.95. The highest BCUT2D eigenvalue weighted by Crippen LogP contribution is 2.35. The van der Waals surface area contributed by atoms with Crippen LogP contribution < -0.4 is 5.32 Å². The number of aryl methyl sites for hydroxylation is 1. The largest absolute Gasteiger partial charge is 0.354 e. The molecule has 1 aliphatic heterocycles. The Morgan fingerprint density at radius 2 is 1.96 bits per heavy atom. The lowest BCUT2D eigenvalue weighted by atomic mass is 9.89. The molecule has 1 aliphatic rings. The first-order chi connectivity index (χ1) is 12.3. The second-order valence-corrected chi connectivity index (χ2v) is 6.91. The van der Waals surface area contributed by atoms with Crippen LogP contribution in [0, 0.1) is 6.92 Å². The lowest BCUT2D eigenvalue weighted by Crippen LogP contribution is -2.26. The molecule has 0 amide bonds. The van der Waals surface area contributed by atoms with E-state index in [9.17, 15) is 0 Å². The van der Waals surface area contributed by atoms with Crippen molar-refractivity contribution in [2.24, 2.45) is 0 Å². The molecular weight excluding hydrogens is 310 g/mol. The monoisotopic (exact) mass is 331 g/mol. The Kier molecular flexibility index (Phi) is 3.35. The van der Waals surface area contributed by atoms with Crippen molar-refractivity contribution in [3.8, 4) is 11.3 Å². The summed E-state index contributed by atoms with van der Waals surface area (Å²) in [5.41, 5.74) is 7.95. The number of nitrogens with zero attached hydrogens (tertiary/aromatic N) is 2. The van der Waals surface area contributed by atoms with E-state index in [0.717, 1.165) is 35.5 Å². The van der Waals surface area contributed by atoms with Gasteiger partial charge in [-0.1, -0.05) is 6.07 Å². The second-order valence-electron chi connectivity index (χ2n) is 6.91. The van der Waals surface area contributed by atoms with Crippen molar-refractivity contribution in [3.63, 3.8) is 0 Å². The van der Waals surface area contributed by atoms with E-state index < -0.39 is 0 Å². The van der Waals surface area contributed by atoms with Crippen LogP contribution in [-0.2, 0) is 0 Å². The average Bonchev–Trinajstić information content (AvgIpc) is 3.27. The van der Waals surface area contributed by atoms with E-state index in [4.69, 9.17) is 0 Å². The zero-order chi connectivity index (χ0) is 16.8. The van der Waals surface area contributed by atoms with Gasteiger partial charge in [0, 0.05) is 22.7 Å². The highest BCUT2D eigenvalue weighted by atomic mass is 14.9. The van der Waals surface area contributed by atoms with Crippen LogP contribution in [0.2, 0.25) is 0 Å². The van der Waals surface area contributed by atoms with E-state index in [1.54, 1.807) is 6.33 Å². The van der Waals surface area contributed by atoms with Gasteiger partial charge in [-0.2, -0.15) is 0 Å². The van der Waals surface area contributed by atoms with Crippen LogP contribution in [0.25, 0.3) is 33.3 Å². The van der Waals surface area contributed by atoms with Crippen molar-refractivity contribution in [1.82, 2.24) is 25.3 Å². The molecule has 0 radical (unpaired) electrons. The van der Waals surface area contributed by atoms with Crippen LogP contribution in [-0.4, -0.2) is 33.0 Å². The smallest absolute Gasteiger partial charge is 0.178 e. The van der Waals surface area contributed by atoms with Crippen LogP contribution in [0.1, 0.15) is 29.9 Å². The van der Waals surface area contributed by atoms with Gasteiger partial charge in [0.25, 0.3) is 0 Å². The Morgan fingerprint density at radius 3 is 2.84 bits per heavy atom. The minimum Gasteiger partial charge on any atom is -0.354 e. The SMILES string of the molecule is Cc1c(-c2ccnc3nc[nH]c23)[nH]c2ccc(C3CCNCC3)cc12. The van der Waals surface area contributed by atoms with Gasteiger partial charge >= 0.3 is 0 Å². The minimum absolute atomic E-state index is 0.670.